The summed E-state index contributed by atoms with van der Waals surface area (Å²) in [5.41, 5.74) is 2.22. The van der Waals surface area contributed by atoms with Gasteiger partial charge in [0.05, 0.1) is 12.8 Å². The third-order valence-electron chi connectivity index (χ3n) is 4.02. The quantitative estimate of drug-likeness (QED) is 0.757. The van der Waals surface area contributed by atoms with Crippen LogP contribution in [0.4, 0.5) is 23.1 Å². The monoisotopic (exact) mass is 328 g/mol. The second kappa shape index (κ2) is 8.44. The van der Waals surface area contributed by atoms with E-state index in [2.05, 4.69) is 55.0 Å². The minimum Gasteiger partial charge on any atom is -0.383 e. The number of nitrogens with zero attached hydrogens (tertiary/aromatic N) is 4. The Morgan fingerprint density at radius 2 is 1.92 bits per heavy atom. The van der Waals surface area contributed by atoms with E-state index in [0.29, 0.717) is 24.9 Å². The van der Waals surface area contributed by atoms with Gasteiger partial charge in [-0.05, 0) is 43.5 Å². The highest BCUT2D eigenvalue weighted by molar-refractivity contribution is 5.59. The minimum absolute atomic E-state index is 0.475. The molecule has 1 fully saturated rings. The molecule has 1 aliphatic heterocycles. The molecule has 128 valence electrons. The first-order valence-electron chi connectivity index (χ1n) is 8.40. The van der Waals surface area contributed by atoms with Gasteiger partial charge in [0.25, 0.3) is 0 Å². The lowest BCUT2D eigenvalue weighted by atomic mass is 10.1. The summed E-state index contributed by atoms with van der Waals surface area (Å²) in [6.45, 7) is 3.59. The van der Waals surface area contributed by atoms with Crippen LogP contribution in [0.3, 0.4) is 0 Å². The zero-order valence-electron chi connectivity index (χ0n) is 14.0. The third kappa shape index (κ3) is 4.55. The van der Waals surface area contributed by atoms with Crippen LogP contribution in [0.5, 0.6) is 0 Å². The SMILES string of the molecule is COCCNc1cnnc(Nc2ccc(N3CCCCC3)cc2)n1. The Morgan fingerprint density at radius 1 is 1.12 bits per heavy atom. The Morgan fingerprint density at radius 3 is 2.67 bits per heavy atom. The molecule has 1 aromatic heterocycles. The van der Waals surface area contributed by atoms with Crippen molar-refractivity contribution in [2.24, 2.45) is 0 Å². The zero-order chi connectivity index (χ0) is 16.6. The average Bonchev–Trinajstić information content (AvgIpc) is 2.64. The summed E-state index contributed by atoms with van der Waals surface area (Å²) in [5, 5.41) is 14.3. The maximum atomic E-state index is 5.00. The van der Waals surface area contributed by atoms with E-state index in [1.807, 2.05) is 0 Å². The van der Waals surface area contributed by atoms with Crippen LogP contribution in [0.15, 0.2) is 30.5 Å². The van der Waals surface area contributed by atoms with E-state index in [-0.39, 0.29) is 0 Å². The van der Waals surface area contributed by atoms with Gasteiger partial charge >= 0.3 is 0 Å². The summed E-state index contributed by atoms with van der Waals surface area (Å²) in [5.74, 6) is 1.15. The molecule has 7 nitrogen and oxygen atoms in total. The van der Waals surface area contributed by atoms with Gasteiger partial charge in [0.1, 0.15) is 0 Å². The highest BCUT2D eigenvalue weighted by Crippen LogP contribution is 2.22. The lowest BCUT2D eigenvalue weighted by Crippen LogP contribution is -2.29. The number of piperidine rings is 1. The van der Waals surface area contributed by atoms with Gasteiger partial charge < -0.3 is 20.3 Å². The number of hydrogen-bond donors (Lipinski definition) is 2. The van der Waals surface area contributed by atoms with Crippen molar-refractivity contribution < 1.29 is 4.74 Å². The van der Waals surface area contributed by atoms with E-state index >= 15 is 0 Å². The van der Waals surface area contributed by atoms with Crippen molar-refractivity contribution in [2.45, 2.75) is 19.3 Å². The molecule has 0 spiro atoms. The smallest absolute Gasteiger partial charge is 0.249 e. The van der Waals surface area contributed by atoms with Crippen LogP contribution in [0, 0.1) is 0 Å². The van der Waals surface area contributed by atoms with Gasteiger partial charge in [-0.2, -0.15) is 10.1 Å². The second-order valence-corrected chi connectivity index (χ2v) is 5.80. The molecule has 0 amide bonds. The molecule has 0 atom stereocenters. The van der Waals surface area contributed by atoms with Crippen molar-refractivity contribution in [3.8, 4) is 0 Å². The first-order valence-corrected chi connectivity index (χ1v) is 8.40. The summed E-state index contributed by atoms with van der Waals surface area (Å²) < 4.78 is 5.00. The summed E-state index contributed by atoms with van der Waals surface area (Å²) in [4.78, 5) is 6.83. The van der Waals surface area contributed by atoms with E-state index in [9.17, 15) is 0 Å². The Bertz CT molecular complexity index is 627. The van der Waals surface area contributed by atoms with Crippen molar-refractivity contribution in [3.05, 3.63) is 30.5 Å². The molecule has 2 aromatic rings. The third-order valence-corrected chi connectivity index (χ3v) is 4.02. The van der Waals surface area contributed by atoms with E-state index in [1.165, 1.54) is 24.9 Å². The Hall–Kier alpha value is -2.41. The van der Waals surface area contributed by atoms with Crippen LogP contribution in [0.1, 0.15) is 19.3 Å². The van der Waals surface area contributed by atoms with Gasteiger partial charge in [0, 0.05) is 38.1 Å². The normalized spacial score (nSPS) is 14.5. The van der Waals surface area contributed by atoms with Gasteiger partial charge in [-0.3, -0.25) is 0 Å². The summed E-state index contributed by atoms with van der Waals surface area (Å²) in [6.07, 6.45) is 5.50. The lowest BCUT2D eigenvalue weighted by molar-refractivity contribution is 0.210. The number of rotatable bonds is 7. The number of nitrogens with one attached hydrogen (secondary N) is 2. The van der Waals surface area contributed by atoms with Crippen molar-refractivity contribution in [2.75, 3.05) is 48.9 Å². The molecule has 0 saturated carbocycles. The first kappa shape index (κ1) is 16.4. The van der Waals surface area contributed by atoms with E-state index in [1.54, 1.807) is 13.3 Å². The highest BCUT2D eigenvalue weighted by atomic mass is 16.5. The van der Waals surface area contributed by atoms with Gasteiger partial charge in [-0.25, -0.2) is 0 Å². The molecule has 2 heterocycles. The molecular weight excluding hydrogens is 304 g/mol. The van der Waals surface area contributed by atoms with Crippen LogP contribution < -0.4 is 15.5 Å². The molecule has 7 heteroatoms. The molecule has 1 aromatic carbocycles. The fourth-order valence-corrected chi connectivity index (χ4v) is 2.76. The van der Waals surface area contributed by atoms with Crippen molar-refractivity contribution in [3.63, 3.8) is 0 Å². The molecule has 24 heavy (non-hydrogen) atoms. The summed E-state index contributed by atoms with van der Waals surface area (Å²) >= 11 is 0. The van der Waals surface area contributed by atoms with Crippen LogP contribution in [-0.2, 0) is 4.74 Å². The number of ether oxygens (including phenoxy) is 1. The minimum atomic E-state index is 0.475. The molecule has 2 N–H and O–H groups in total. The molecule has 1 saturated heterocycles. The maximum Gasteiger partial charge on any atom is 0.249 e. The molecule has 0 unspecified atom stereocenters. The number of benzene rings is 1. The fourth-order valence-electron chi connectivity index (χ4n) is 2.76. The fraction of sp³-hybridized carbons (Fsp3) is 0.471. The second-order valence-electron chi connectivity index (χ2n) is 5.80. The van der Waals surface area contributed by atoms with Crippen molar-refractivity contribution in [1.29, 1.82) is 0 Å². The van der Waals surface area contributed by atoms with E-state index in [0.717, 1.165) is 18.8 Å². The highest BCUT2D eigenvalue weighted by Gasteiger charge is 2.10. The summed E-state index contributed by atoms with van der Waals surface area (Å²) in [6, 6.07) is 8.39. The largest absolute Gasteiger partial charge is 0.383 e. The molecule has 0 aliphatic carbocycles. The lowest BCUT2D eigenvalue weighted by Gasteiger charge is -2.28. The maximum absolute atomic E-state index is 5.00. The molecule has 0 radical (unpaired) electrons. The van der Waals surface area contributed by atoms with Crippen molar-refractivity contribution in [1.82, 2.24) is 15.2 Å². The summed E-state index contributed by atoms with van der Waals surface area (Å²) in [7, 11) is 1.67. The average molecular weight is 328 g/mol. The predicted molar refractivity (Wildman–Crippen MR) is 96.0 cm³/mol. The van der Waals surface area contributed by atoms with Gasteiger partial charge in [0.2, 0.25) is 5.95 Å². The van der Waals surface area contributed by atoms with Crippen LogP contribution >= 0.6 is 0 Å². The molecule has 0 bridgehead atoms. The number of anilines is 4. The topological polar surface area (TPSA) is 75.2 Å². The molecule has 3 rings (SSSR count). The predicted octanol–water partition coefficient (Wildman–Crippen LogP) is 2.66. The standard InChI is InChI=1S/C17H24N6O/c1-24-12-9-18-16-13-19-22-17(21-16)20-14-5-7-15(8-6-14)23-10-3-2-4-11-23/h5-8,13H,2-4,9-12H2,1H3,(H2,18,20,21,22). The van der Waals surface area contributed by atoms with E-state index in [4.69, 9.17) is 4.74 Å². The Labute approximate surface area is 142 Å². The van der Waals surface area contributed by atoms with Crippen LogP contribution in [-0.4, -0.2) is 48.5 Å². The van der Waals surface area contributed by atoms with Gasteiger partial charge in [-0.15, -0.1) is 5.10 Å². The number of hydrogen-bond acceptors (Lipinski definition) is 7. The van der Waals surface area contributed by atoms with Gasteiger partial charge in [0.15, 0.2) is 5.82 Å². The van der Waals surface area contributed by atoms with Crippen molar-refractivity contribution >= 4 is 23.1 Å². The number of aromatic nitrogens is 3. The van der Waals surface area contributed by atoms with Crippen LogP contribution in [0.2, 0.25) is 0 Å². The Kier molecular flexibility index (Phi) is 5.79. The van der Waals surface area contributed by atoms with E-state index < -0.39 is 0 Å². The van der Waals surface area contributed by atoms with Gasteiger partial charge in [-0.1, -0.05) is 0 Å². The zero-order valence-corrected chi connectivity index (χ0v) is 14.0. The molecular formula is C17H24N6O. The first-order chi connectivity index (χ1) is 11.8. The van der Waals surface area contributed by atoms with Crippen LogP contribution in [0.25, 0.3) is 0 Å². The number of methoxy groups -OCH3 is 1. The molecule has 1 aliphatic rings. The Balaban J connectivity index is 1.60.